The van der Waals surface area contributed by atoms with E-state index in [2.05, 4.69) is 15.5 Å². The number of nitrogens with zero attached hydrogens (tertiary/aromatic N) is 4. The van der Waals surface area contributed by atoms with E-state index < -0.39 is 0 Å². The Morgan fingerprint density at radius 1 is 0.893 bits per heavy atom. The van der Waals surface area contributed by atoms with E-state index in [1.165, 1.54) is 4.68 Å². The summed E-state index contributed by atoms with van der Waals surface area (Å²) in [5.41, 5.74) is 3.26. The van der Waals surface area contributed by atoms with Crippen molar-refractivity contribution in [1.29, 1.82) is 0 Å². The number of allylic oxidation sites excluding steroid dienone is 3. The zero-order chi connectivity index (χ0) is 19.9. The fraction of sp³-hybridized carbons (Fsp3) is 0.143. The molecule has 0 saturated carbocycles. The molecule has 3 aromatic rings. The Labute approximate surface area is 162 Å². The van der Waals surface area contributed by atoms with Crippen molar-refractivity contribution in [3.05, 3.63) is 77.6 Å². The van der Waals surface area contributed by atoms with Crippen LogP contribution >= 0.6 is 0 Å². The van der Waals surface area contributed by atoms with Crippen molar-refractivity contribution in [2.45, 2.75) is 0 Å². The minimum absolute atomic E-state index is 0.382. The number of hydrogen-bond donors (Lipinski definition) is 0. The van der Waals surface area contributed by atoms with E-state index in [1.54, 1.807) is 27.3 Å². The average Bonchev–Trinajstić information content (AvgIpc) is 3.17. The molecule has 0 bridgehead atoms. The number of methoxy groups -OCH3 is 2. The fourth-order valence-electron chi connectivity index (χ4n) is 2.71. The maximum Gasteiger partial charge on any atom is 0.185 e. The number of aromatic nitrogens is 4. The topological polar surface area (TPSA) is 79.1 Å². The summed E-state index contributed by atoms with van der Waals surface area (Å²) in [4.78, 5) is 11.6. The zero-order valence-electron chi connectivity index (χ0n) is 15.9. The van der Waals surface area contributed by atoms with Gasteiger partial charge in [0.1, 0.15) is 11.5 Å². The van der Waals surface area contributed by atoms with Gasteiger partial charge in [0.15, 0.2) is 12.1 Å². The van der Waals surface area contributed by atoms with Gasteiger partial charge >= 0.3 is 0 Å². The molecule has 0 saturated heterocycles. The minimum Gasteiger partial charge on any atom is -0.497 e. The number of tetrazole rings is 1. The van der Waals surface area contributed by atoms with E-state index in [1.807, 2.05) is 54.6 Å². The maximum absolute atomic E-state index is 11.6. The lowest BCUT2D eigenvalue weighted by Gasteiger charge is -2.10. The first-order chi connectivity index (χ1) is 13.7. The Hall–Kier alpha value is -3.74. The van der Waals surface area contributed by atoms with Gasteiger partial charge < -0.3 is 9.47 Å². The molecule has 0 spiro atoms. The van der Waals surface area contributed by atoms with Gasteiger partial charge in [0.2, 0.25) is 0 Å². The second-order valence-corrected chi connectivity index (χ2v) is 5.90. The molecule has 2 aromatic carbocycles. The highest BCUT2D eigenvalue weighted by Gasteiger charge is 2.09. The lowest BCUT2D eigenvalue weighted by Crippen LogP contribution is -1.99. The molecule has 7 heteroatoms. The molecule has 0 aliphatic heterocycles. The third-order valence-corrected chi connectivity index (χ3v) is 4.24. The smallest absolute Gasteiger partial charge is 0.185 e. The fourth-order valence-corrected chi connectivity index (χ4v) is 2.71. The molecular formula is C21H20N4O3. The Kier molecular flexibility index (Phi) is 5.96. The van der Waals surface area contributed by atoms with Crippen LogP contribution in [0.15, 0.2) is 60.7 Å². The number of carbonyl (C=O) groups is 1. The molecule has 0 fully saturated rings. The van der Waals surface area contributed by atoms with Crippen LogP contribution in [0.2, 0.25) is 0 Å². The standard InChI is InChI=1S/C21H20N4O3/c1-25-21(22-23-24-25)17(14-26)8-13-20(15-4-9-18(27-2)10-5-15)16-6-11-19(28-3)12-7-16/h4-14H,1-3H3. The molecule has 0 atom stereocenters. The minimum atomic E-state index is 0.382. The van der Waals surface area contributed by atoms with Crippen LogP contribution in [0.3, 0.4) is 0 Å². The van der Waals surface area contributed by atoms with Gasteiger partial charge in [-0.15, -0.1) is 5.10 Å². The molecule has 0 aliphatic rings. The molecule has 0 radical (unpaired) electrons. The molecule has 28 heavy (non-hydrogen) atoms. The average molecular weight is 376 g/mol. The number of aldehydes is 1. The SMILES string of the molecule is COc1ccc(C(=CC=C(C=O)c2nnnn2C)c2ccc(OC)cc2)cc1. The number of aryl methyl sites for hydroxylation is 1. The summed E-state index contributed by atoms with van der Waals surface area (Å²) in [6, 6.07) is 15.4. The van der Waals surface area contributed by atoms with E-state index in [0.717, 1.165) is 34.5 Å². The Morgan fingerprint density at radius 3 is 1.82 bits per heavy atom. The first-order valence-corrected chi connectivity index (χ1v) is 8.55. The first kappa shape index (κ1) is 19.0. The van der Waals surface area contributed by atoms with Crippen LogP contribution in [0.25, 0.3) is 11.1 Å². The number of carbonyl (C=O) groups excluding carboxylic acids is 1. The summed E-state index contributed by atoms with van der Waals surface area (Å²) < 4.78 is 11.9. The third kappa shape index (κ3) is 4.15. The van der Waals surface area contributed by atoms with Crippen LogP contribution in [0, 0.1) is 0 Å². The summed E-state index contributed by atoms with van der Waals surface area (Å²) in [5.74, 6) is 1.94. The van der Waals surface area contributed by atoms with Crippen LogP contribution in [0.5, 0.6) is 11.5 Å². The van der Waals surface area contributed by atoms with Gasteiger partial charge in [0.05, 0.1) is 19.8 Å². The van der Waals surface area contributed by atoms with Crippen molar-refractivity contribution in [2.75, 3.05) is 14.2 Å². The molecule has 1 heterocycles. The van der Waals surface area contributed by atoms with Gasteiger partial charge in [-0.25, -0.2) is 4.68 Å². The van der Waals surface area contributed by atoms with Crippen LogP contribution < -0.4 is 9.47 Å². The van der Waals surface area contributed by atoms with Crippen molar-refractivity contribution in [3.63, 3.8) is 0 Å². The number of benzene rings is 2. The molecule has 0 amide bonds. The predicted octanol–water partition coefficient (Wildman–Crippen LogP) is 2.94. The van der Waals surface area contributed by atoms with Gasteiger partial charge in [-0.2, -0.15) is 0 Å². The second-order valence-electron chi connectivity index (χ2n) is 5.90. The highest BCUT2D eigenvalue weighted by atomic mass is 16.5. The molecule has 0 N–H and O–H groups in total. The van der Waals surface area contributed by atoms with E-state index in [0.29, 0.717) is 11.4 Å². The van der Waals surface area contributed by atoms with E-state index in [-0.39, 0.29) is 0 Å². The van der Waals surface area contributed by atoms with Crippen molar-refractivity contribution >= 4 is 17.4 Å². The van der Waals surface area contributed by atoms with Gasteiger partial charge in [-0.1, -0.05) is 30.3 Å². The quantitative estimate of drug-likeness (QED) is 0.358. The molecule has 7 nitrogen and oxygen atoms in total. The largest absolute Gasteiger partial charge is 0.497 e. The van der Waals surface area contributed by atoms with Crippen LogP contribution in [0.1, 0.15) is 17.0 Å². The monoisotopic (exact) mass is 376 g/mol. The molecular weight excluding hydrogens is 356 g/mol. The Balaban J connectivity index is 2.08. The lowest BCUT2D eigenvalue weighted by molar-refractivity contribution is -0.103. The van der Waals surface area contributed by atoms with Gasteiger partial charge in [-0.05, 0) is 57.5 Å². The van der Waals surface area contributed by atoms with Crippen LogP contribution in [-0.2, 0) is 11.8 Å². The van der Waals surface area contributed by atoms with Gasteiger partial charge in [0.25, 0.3) is 0 Å². The van der Waals surface area contributed by atoms with E-state index in [4.69, 9.17) is 9.47 Å². The highest BCUT2D eigenvalue weighted by Crippen LogP contribution is 2.27. The molecule has 0 unspecified atom stereocenters. The number of hydrogen-bond acceptors (Lipinski definition) is 6. The lowest BCUT2D eigenvalue weighted by atomic mass is 9.97. The summed E-state index contributed by atoms with van der Waals surface area (Å²) in [6.45, 7) is 0. The van der Waals surface area contributed by atoms with Gasteiger partial charge in [-0.3, -0.25) is 4.79 Å². The summed E-state index contributed by atoms with van der Waals surface area (Å²) in [5, 5.41) is 11.3. The molecule has 0 aliphatic carbocycles. The maximum atomic E-state index is 11.6. The first-order valence-electron chi connectivity index (χ1n) is 8.55. The van der Waals surface area contributed by atoms with Crippen LogP contribution in [0.4, 0.5) is 0 Å². The van der Waals surface area contributed by atoms with E-state index >= 15 is 0 Å². The molecule has 142 valence electrons. The zero-order valence-corrected chi connectivity index (χ0v) is 15.9. The normalized spacial score (nSPS) is 11.0. The molecule has 3 rings (SSSR count). The van der Waals surface area contributed by atoms with Gasteiger partial charge in [0, 0.05) is 7.05 Å². The summed E-state index contributed by atoms with van der Waals surface area (Å²) in [7, 11) is 4.94. The summed E-state index contributed by atoms with van der Waals surface area (Å²) in [6.07, 6.45) is 4.33. The highest BCUT2D eigenvalue weighted by molar-refractivity contribution is 6.06. The number of ether oxygens (including phenoxy) is 2. The third-order valence-electron chi connectivity index (χ3n) is 4.24. The second kappa shape index (κ2) is 8.77. The Morgan fingerprint density at radius 2 is 1.43 bits per heavy atom. The van der Waals surface area contributed by atoms with Crippen molar-refractivity contribution < 1.29 is 14.3 Å². The van der Waals surface area contributed by atoms with Crippen LogP contribution in [-0.4, -0.2) is 40.7 Å². The van der Waals surface area contributed by atoms with Crippen molar-refractivity contribution in [1.82, 2.24) is 20.2 Å². The van der Waals surface area contributed by atoms with E-state index in [9.17, 15) is 4.79 Å². The van der Waals surface area contributed by atoms with Crippen molar-refractivity contribution in [3.8, 4) is 11.5 Å². The van der Waals surface area contributed by atoms with Crippen molar-refractivity contribution in [2.24, 2.45) is 7.05 Å². The Bertz CT molecular complexity index is 953. The summed E-state index contributed by atoms with van der Waals surface area (Å²) >= 11 is 0. The molecule has 1 aromatic heterocycles. The predicted molar refractivity (Wildman–Crippen MR) is 106 cm³/mol. The number of rotatable bonds is 7.